The molecule has 0 radical (unpaired) electrons. The van der Waals surface area contributed by atoms with E-state index in [0.29, 0.717) is 43.9 Å². The van der Waals surface area contributed by atoms with Crippen LogP contribution in [0.15, 0.2) is 24.3 Å². The summed E-state index contributed by atoms with van der Waals surface area (Å²) in [6, 6.07) is 8.88. The summed E-state index contributed by atoms with van der Waals surface area (Å²) in [5, 5.41) is 9.07. The minimum absolute atomic E-state index is 0.134. The molecule has 1 aliphatic heterocycles. The summed E-state index contributed by atoms with van der Waals surface area (Å²) in [7, 11) is 0. The van der Waals surface area contributed by atoms with Crippen LogP contribution in [0, 0.1) is 17.2 Å². The van der Waals surface area contributed by atoms with E-state index in [0.717, 1.165) is 0 Å². The molecule has 6 heteroatoms. The van der Waals surface area contributed by atoms with Gasteiger partial charge >= 0.3 is 5.97 Å². The molecular formula is C18H22N2O4. The van der Waals surface area contributed by atoms with Crippen molar-refractivity contribution in [2.75, 3.05) is 19.7 Å². The molecule has 0 aromatic heterocycles. The van der Waals surface area contributed by atoms with Gasteiger partial charge in [-0.05, 0) is 38.8 Å². The Bertz CT molecular complexity index is 630. The van der Waals surface area contributed by atoms with Crippen LogP contribution in [-0.2, 0) is 14.3 Å². The summed E-state index contributed by atoms with van der Waals surface area (Å²) in [6.45, 7) is 4.86. The van der Waals surface area contributed by atoms with E-state index in [1.165, 1.54) is 0 Å². The highest BCUT2D eigenvalue weighted by molar-refractivity contribution is 5.81. The Morgan fingerprint density at radius 3 is 2.62 bits per heavy atom. The molecule has 2 rings (SSSR count). The number of nitrogens with zero attached hydrogens (tertiary/aromatic N) is 2. The zero-order valence-corrected chi connectivity index (χ0v) is 14.0. The molecule has 0 spiro atoms. The van der Waals surface area contributed by atoms with Gasteiger partial charge in [0.1, 0.15) is 11.8 Å². The molecule has 1 fully saturated rings. The number of ether oxygens (including phenoxy) is 2. The molecule has 0 aliphatic carbocycles. The minimum Gasteiger partial charge on any atom is -0.480 e. The summed E-state index contributed by atoms with van der Waals surface area (Å²) in [4.78, 5) is 25.9. The number of carbonyl (C=O) groups excluding carboxylic acids is 2. The SMILES string of the molecule is CCOC(=O)C1CCN(C(=O)C(C)Oc2ccccc2C#N)CC1. The topological polar surface area (TPSA) is 79.6 Å². The van der Waals surface area contributed by atoms with Crippen LogP contribution in [0.25, 0.3) is 0 Å². The molecule has 6 nitrogen and oxygen atoms in total. The maximum Gasteiger partial charge on any atom is 0.309 e. The Balaban J connectivity index is 1.91. The number of amides is 1. The molecule has 1 atom stereocenters. The molecule has 128 valence electrons. The Morgan fingerprint density at radius 1 is 1.33 bits per heavy atom. The Labute approximate surface area is 142 Å². The van der Waals surface area contributed by atoms with E-state index in [-0.39, 0.29) is 17.8 Å². The lowest BCUT2D eigenvalue weighted by atomic mass is 9.96. The third-order valence-electron chi connectivity index (χ3n) is 4.09. The average Bonchev–Trinajstić information content (AvgIpc) is 2.61. The Kier molecular flexibility index (Phi) is 6.19. The summed E-state index contributed by atoms with van der Waals surface area (Å²) >= 11 is 0. The van der Waals surface area contributed by atoms with Gasteiger partial charge in [-0.3, -0.25) is 9.59 Å². The van der Waals surface area contributed by atoms with Gasteiger partial charge in [0.2, 0.25) is 0 Å². The van der Waals surface area contributed by atoms with Crippen molar-refractivity contribution in [2.24, 2.45) is 5.92 Å². The first-order valence-corrected chi connectivity index (χ1v) is 8.18. The first kappa shape index (κ1) is 17.8. The number of para-hydroxylation sites is 1. The fourth-order valence-corrected chi connectivity index (χ4v) is 2.76. The van der Waals surface area contributed by atoms with E-state index in [1.54, 1.807) is 43.0 Å². The lowest BCUT2D eigenvalue weighted by Crippen LogP contribution is -2.46. The van der Waals surface area contributed by atoms with E-state index >= 15 is 0 Å². The molecule has 1 heterocycles. The predicted octanol–water partition coefficient (Wildman–Crippen LogP) is 2.13. The standard InChI is InChI=1S/C18H22N2O4/c1-3-23-18(22)14-8-10-20(11-9-14)17(21)13(2)24-16-7-5-4-6-15(16)12-19/h4-7,13-14H,3,8-11H2,1-2H3. The van der Waals surface area contributed by atoms with E-state index < -0.39 is 6.10 Å². The van der Waals surface area contributed by atoms with Gasteiger partial charge in [0.05, 0.1) is 18.1 Å². The fourth-order valence-electron chi connectivity index (χ4n) is 2.76. The van der Waals surface area contributed by atoms with Crippen LogP contribution < -0.4 is 4.74 Å². The van der Waals surface area contributed by atoms with Gasteiger partial charge in [-0.15, -0.1) is 0 Å². The van der Waals surface area contributed by atoms with Crippen molar-refractivity contribution >= 4 is 11.9 Å². The van der Waals surface area contributed by atoms with Gasteiger partial charge in [0.15, 0.2) is 6.10 Å². The maximum atomic E-state index is 12.5. The van der Waals surface area contributed by atoms with Crippen molar-refractivity contribution < 1.29 is 19.1 Å². The fraction of sp³-hybridized carbons (Fsp3) is 0.500. The zero-order valence-electron chi connectivity index (χ0n) is 14.0. The first-order valence-electron chi connectivity index (χ1n) is 8.18. The van der Waals surface area contributed by atoms with Crippen molar-refractivity contribution in [3.05, 3.63) is 29.8 Å². The number of esters is 1. The number of benzene rings is 1. The average molecular weight is 330 g/mol. The molecule has 0 saturated carbocycles. The van der Waals surface area contributed by atoms with Crippen LogP contribution in [0.1, 0.15) is 32.3 Å². The van der Waals surface area contributed by atoms with Crippen molar-refractivity contribution in [1.82, 2.24) is 4.90 Å². The molecule has 1 saturated heterocycles. The number of likely N-dealkylation sites (tertiary alicyclic amines) is 1. The van der Waals surface area contributed by atoms with Crippen molar-refractivity contribution in [3.8, 4) is 11.8 Å². The molecule has 0 bridgehead atoms. The third kappa shape index (κ3) is 4.25. The molecule has 24 heavy (non-hydrogen) atoms. The molecule has 0 N–H and O–H groups in total. The smallest absolute Gasteiger partial charge is 0.309 e. The molecule has 1 unspecified atom stereocenters. The van der Waals surface area contributed by atoms with Gasteiger partial charge in [-0.25, -0.2) is 0 Å². The van der Waals surface area contributed by atoms with Crippen molar-refractivity contribution in [3.63, 3.8) is 0 Å². The van der Waals surface area contributed by atoms with Gasteiger partial charge < -0.3 is 14.4 Å². The van der Waals surface area contributed by atoms with Gasteiger partial charge in [-0.2, -0.15) is 5.26 Å². The second kappa shape index (κ2) is 8.34. The Hall–Kier alpha value is -2.55. The number of piperidine rings is 1. The van der Waals surface area contributed by atoms with Gasteiger partial charge in [0, 0.05) is 13.1 Å². The van der Waals surface area contributed by atoms with Crippen molar-refractivity contribution in [2.45, 2.75) is 32.8 Å². The van der Waals surface area contributed by atoms with E-state index in [9.17, 15) is 9.59 Å². The Morgan fingerprint density at radius 2 is 2.00 bits per heavy atom. The number of hydrogen-bond donors (Lipinski definition) is 0. The predicted molar refractivity (Wildman–Crippen MR) is 87.2 cm³/mol. The summed E-state index contributed by atoms with van der Waals surface area (Å²) in [6.07, 6.45) is 0.525. The second-order valence-corrected chi connectivity index (χ2v) is 5.72. The number of rotatable bonds is 5. The van der Waals surface area contributed by atoms with Gasteiger partial charge in [-0.1, -0.05) is 12.1 Å². The first-order chi connectivity index (χ1) is 11.6. The minimum atomic E-state index is -0.682. The van der Waals surface area contributed by atoms with E-state index in [1.807, 2.05) is 6.07 Å². The van der Waals surface area contributed by atoms with Crippen LogP contribution >= 0.6 is 0 Å². The van der Waals surface area contributed by atoms with Crippen LogP contribution in [0.5, 0.6) is 5.75 Å². The normalized spacial score (nSPS) is 16.1. The van der Waals surface area contributed by atoms with E-state index in [2.05, 4.69) is 0 Å². The lowest BCUT2D eigenvalue weighted by molar-refractivity contribution is -0.152. The van der Waals surface area contributed by atoms with Crippen LogP contribution in [0.3, 0.4) is 0 Å². The molecule has 1 aliphatic rings. The van der Waals surface area contributed by atoms with Crippen LogP contribution in [0.2, 0.25) is 0 Å². The highest BCUT2D eigenvalue weighted by Gasteiger charge is 2.30. The summed E-state index contributed by atoms with van der Waals surface area (Å²) in [5.41, 5.74) is 0.401. The number of carbonyl (C=O) groups is 2. The van der Waals surface area contributed by atoms with Crippen molar-refractivity contribution in [1.29, 1.82) is 5.26 Å². The number of nitriles is 1. The van der Waals surface area contributed by atoms with Gasteiger partial charge in [0.25, 0.3) is 5.91 Å². The molecule has 1 aromatic rings. The van der Waals surface area contributed by atoms with Crippen LogP contribution in [0.4, 0.5) is 0 Å². The zero-order chi connectivity index (χ0) is 17.5. The maximum absolute atomic E-state index is 12.5. The quantitative estimate of drug-likeness (QED) is 0.773. The summed E-state index contributed by atoms with van der Waals surface area (Å²) < 4.78 is 10.7. The molecular weight excluding hydrogens is 308 g/mol. The number of hydrogen-bond acceptors (Lipinski definition) is 5. The molecule has 1 amide bonds. The molecule has 1 aromatic carbocycles. The largest absolute Gasteiger partial charge is 0.480 e. The summed E-state index contributed by atoms with van der Waals surface area (Å²) in [5.74, 6) is -0.0475. The highest BCUT2D eigenvalue weighted by atomic mass is 16.5. The van der Waals surface area contributed by atoms with Crippen LogP contribution in [-0.4, -0.2) is 42.6 Å². The lowest BCUT2D eigenvalue weighted by Gasteiger charge is -2.32. The highest BCUT2D eigenvalue weighted by Crippen LogP contribution is 2.22. The second-order valence-electron chi connectivity index (χ2n) is 5.72. The monoisotopic (exact) mass is 330 g/mol. The third-order valence-corrected chi connectivity index (χ3v) is 4.09. The van der Waals surface area contributed by atoms with E-state index in [4.69, 9.17) is 14.7 Å².